The molecule has 1 aliphatic rings. The second kappa shape index (κ2) is 7.19. The SMILES string of the molecule is Cc1ccc(C)c(-n2ncc(NC(=O)N3CCC(C(=O)O)CC3)c2C)c1. The van der Waals surface area contributed by atoms with Gasteiger partial charge in [-0.25, -0.2) is 9.48 Å². The highest BCUT2D eigenvalue weighted by atomic mass is 16.4. The molecule has 1 aromatic heterocycles. The molecule has 3 rings (SSSR count). The Kier molecular flexibility index (Phi) is 4.97. The van der Waals surface area contributed by atoms with Crippen molar-refractivity contribution in [2.24, 2.45) is 5.92 Å². The molecule has 2 aromatic rings. The first-order chi connectivity index (χ1) is 12.4. The van der Waals surface area contributed by atoms with Crippen LogP contribution in [0.25, 0.3) is 5.69 Å². The number of aryl methyl sites for hydroxylation is 2. The number of urea groups is 1. The maximum absolute atomic E-state index is 12.5. The van der Waals surface area contributed by atoms with Crippen molar-refractivity contribution in [1.82, 2.24) is 14.7 Å². The topological polar surface area (TPSA) is 87.5 Å². The quantitative estimate of drug-likeness (QED) is 0.884. The first-order valence-electron chi connectivity index (χ1n) is 8.78. The van der Waals surface area contributed by atoms with Gasteiger partial charge in [0.1, 0.15) is 0 Å². The highest BCUT2D eigenvalue weighted by Gasteiger charge is 2.27. The second-order valence-electron chi connectivity index (χ2n) is 6.88. The van der Waals surface area contributed by atoms with E-state index in [0.29, 0.717) is 31.6 Å². The predicted octanol–water partition coefficient (Wildman–Crippen LogP) is 3.13. The molecule has 1 saturated heterocycles. The van der Waals surface area contributed by atoms with Crippen LogP contribution in [0, 0.1) is 26.7 Å². The monoisotopic (exact) mass is 356 g/mol. The number of anilines is 1. The van der Waals surface area contributed by atoms with E-state index in [1.54, 1.807) is 11.1 Å². The first-order valence-corrected chi connectivity index (χ1v) is 8.78. The Labute approximate surface area is 152 Å². The van der Waals surface area contributed by atoms with Crippen molar-refractivity contribution < 1.29 is 14.7 Å². The van der Waals surface area contributed by atoms with Gasteiger partial charge in [0.2, 0.25) is 0 Å². The number of carbonyl (C=O) groups is 2. The highest BCUT2D eigenvalue weighted by molar-refractivity contribution is 5.90. The Balaban J connectivity index is 1.72. The Bertz CT molecular complexity index is 835. The van der Waals surface area contributed by atoms with Gasteiger partial charge in [0, 0.05) is 13.1 Å². The molecule has 0 saturated carbocycles. The molecule has 0 atom stereocenters. The van der Waals surface area contributed by atoms with Crippen LogP contribution >= 0.6 is 0 Å². The summed E-state index contributed by atoms with van der Waals surface area (Å²) in [6.07, 6.45) is 2.63. The molecule has 0 bridgehead atoms. The number of nitrogens with zero attached hydrogens (tertiary/aromatic N) is 3. The lowest BCUT2D eigenvalue weighted by atomic mass is 9.97. The van der Waals surface area contributed by atoms with Crippen molar-refractivity contribution in [3.05, 3.63) is 41.2 Å². The summed E-state index contributed by atoms with van der Waals surface area (Å²) in [6, 6.07) is 5.97. The summed E-state index contributed by atoms with van der Waals surface area (Å²) in [6.45, 7) is 6.88. The molecule has 26 heavy (non-hydrogen) atoms. The van der Waals surface area contributed by atoms with Gasteiger partial charge in [-0.1, -0.05) is 12.1 Å². The van der Waals surface area contributed by atoms with E-state index >= 15 is 0 Å². The van der Waals surface area contributed by atoms with Gasteiger partial charge >= 0.3 is 12.0 Å². The van der Waals surface area contributed by atoms with Crippen LogP contribution in [0.2, 0.25) is 0 Å². The molecule has 7 nitrogen and oxygen atoms in total. The maximum atomic E-state index is 12.5. The Morgan fingerprint density at radius 2 is 1.88 bits per heavy atom. The summed E-state index contributed by atoms with van der Waals surface area (Å²) in [7, 11) is 0. The fourth-order valence-corrected chi connectivity index (χ4v) is 3.25. The molecule has 2 N–H and O–H groups in total. The Hall–Kier alpha value is -2.83. The van der Waals surface area contributed by atoms with Crippen molar-refractivity contribution >= 4 is 17.7 Å². The van der Waals surface area contributed by atoms with Gasteiger partial charge in [0.15, 0.2) is 0 Å². The zero-order chi connectivity index (χ0) is 18.8. The molecule has 1 fully saturated rings. The molecule has 0 radical (unpaired) electrons. The van der Waals surface area contributed by atoms with Crippen molar-refractivity contribution in [3.63, 3.8) is 0 Å². The molecule has 2 heterocycles. The summed E-state index contributed by atoms with van der Waals surface area (Å²) in [5, 5.41) is 16.4. The molecular formula is C19H24N4O3. The van der Waals surface area contributed by atoms with Crippen LogP contribution in [0.4, 0.5) is 10.5 Å². The summed E-state index contributed by atoms with van der Waals surface area (Å²) >= 11 is 0. The number of benzene rings is 1. The van der Waals surface area contributed by atoms with Gasteiger partial charge in [0.25, 0.3) is 0 Å². The third kappa shape index (κ3) is 3.56. The van der Waals surface area contributed by atoms with Crippen LogP contribution in [-0.2, 0) is 4.79 Å². The minimum atomic E-state index is -0.782. The summed E-state index contributed by atoms with van der Waals surface area (Å²) in [5.74, 6) is -1.14. The van der Waals surface area contributed by atoms with E-state index in [1.807, 2.05) is 25.5 Å². The van der Waals surface area contributed by atoms with Crippen molar-refractivity contribution in [3.8, 4) is 5.69 Å². The average molecular weight is 356 g/mol. The number of aromatic nitrogens is 2. The number of carboxylic acid groups (broad SMARTS) is 1. The first kappa shape index (κ1) is 18.0. The molecule has 1 aliphatic heterocycles. The van der Waals surface area contributed by atoms with Crippen LogP contribution in [0.3, 0.4) is 0 Å². The fraction of sp³-hybridized carbons (Fsp3) is 0.421. The van der Waals surface area contributed by atoms with Crippen LogP contribution in [0.15, 0.2) is 24.4 Å². The highest BCUT2D eigenvalue weighted by Crippen LogP contribution is 2.23. The lowest BCUT2D eigenvalue weighted by molar-refractivity contribution is -0.143. The average Bonchev–Trinajstić information content (AvgIpc) is 2.97. The molecule has 2 amide bonds. The lowest BCUT2D eigenvalue weighted by Crippen LogP contribution is -2.42. The van der Waals surface area contributed by atoms with Crippen LogP contribution < -0.4 is 5.32 Å². The molecule has 138 valence electrons. The summed E-state index contributed by atoms with van der Waals surface area (Å²) < 4.78 is 1.83. The van der Waals surface area contributed by atoms with E-state index in [9.17, 15) is 9.59 Å². The summed E-state index contributed by atoms with van der Waals surface area (Å²) in [4.78, 5) is 25.2. The number of aliphatic carboxylic acids is 1. The smallest absolute Gasteiger partial charge is 0.321 e. The molecule has 0 spiro atoms. The van der Waals surface area contributed by atoms with Crippen molar-refractivity contribution in [1.29, 1.82) is 0 Å². The standard InChI is InChI=1S/C19H24N4O3/c1-12-4-5-13(2)17(10-12)23-14(3)16(11-20-23)21-19(26)22-8-6-15(7-9-22)18(24)25/h4-5,10-11,15H,6-9H2,1-3H3,(H,21,26)(H,24,25). The zero-order valence-electron chi connectivity index (χ0n) is 15.3. The van der Waals surface area contributed by atoms with Gasteiger partial charge < -0.3 is 15.3 Å². The number of carbonyl (C=O) groups excluding carboxylic acids is 1. The molecule has 7 heteroatoms. The fourth-order valence-electron chi connectivity index (χ4n) is 3.25. The summed E-state index contributed by atoms with van der Waals surface area (Å²) in [5.41, 5.74) is 4.76. The lowest BCUT2D eigenvalue weighted by Gasteiger charge is -2.30. The van der Waals surface area contributed by atoms with E-state index in [2.05, 4.69) is 28.6 Å². The second-order valence-corrected chi connectivity index (χ2v) is 6.88. The number of nitrogens with one attached hydrogen (secondary N) is 1. The number of likely N-dealkylation sites (tertiary alicyclic amines) is 1. The van der Waals surface area contributed by atoms with Gasteiger partial charge in [-0.2, -0.15) is 5.10 Å². The predicted molar refractivity (Wildman–Crippen MR) is 98.7 cm³/mol. The van der Waals surface area contributed by atoms with E-state index < -0.39 is 5.97 Å². The minimum absolute atomic E-state index is 0.211. The Morgan fingerprint density at radius 1 is 1.19 bits per heavy atom. The third-order valence-corrected chi connectivity index (χ3v) is 4.98. The minimum Gasteiger partial charge on any atom is -0.481 e. The van der Waals surface area contributed by atoms with E-state index in [-0.39, 0.29) is 11.9 Å². The van der Waals surface area contributed by atoms with E-state index in [4.69, 9.17) is 5.11 Å². The maximum Gasteiger partial charge on any atom is 0.321 e. The van der Waals surface area contributed by atoms with E-state index in [0.717, 1.165) is 22.5 Å². The van der Waals surface area contributed by atoms with Gasteiger partial charge in [0.05, 0.1) is 29.2 Å². The number of hydrogen-bond acceptors (Lipinski definition) is 3. The van der Waals surface area contributed by atoms with Gasteiger partial charge in [-0.05, 0) is 50.8 Å². The number of hydrogen-bond donors (Lipinski definition) is 2. The van der Waals surface area contributed by atoms with Crippen LogP contribution in [-0.4, -0.2) is 44.9 Å². The van der Waals surface area contributed by atoms with Crippen LogP contribution in [0.1, 0.15) is 29.7 Å². The normalized spacial score (nSPS) is 15.1. The van der Waals surface area contributed by atoms with Crippen molar-refractivity contribution in [2.75, 3.05) is 18.4 Å². The largest absolute Gasteiger partial charge is 0.481 e. The molecular weight excluding hydrogens is 332 g/mol. The molecule has 1 aromatic carbocycles. The molecule has 0 aliphatic carbocycles. The van der Waals surface area contributed by atoms with Gasteiger partial charge in [-0.15, -0.1) is 0 Å². The van der Waals surface area contributed by atoms with Crippen molar-refractivity contribution in [2.45, 2.75) is 33.6 Å². The zero-order valence-corrected chi connectivity index (χ0v) is 15.3. The number of carboxylic acids is 1. The molecule has 0 unspecified atom stereocenters. The number of amides is 2. The number of rotatable bonds is 3. The Morgan fingerprint density at radius 3 is 2.54 bits per heavy atom. The van der Waals surface area contributed by atoms with Crippen LogP contribution in [0.5, 0.6) is 0 Å². The number of piperidine rings is 1. The van der Waals surface area contributed by atoms with Gasteiger partial charge in [-0.3, -0.25) is 4.79 Å². The third-order valence-electron chi connectivity index (χ3n) is 4.98. The van der Waals surface area contributed by atoms with E-state index in [1.165, 1.54) is 0 Å².